The Hall–Kier alpha value is -0.990. The molecule has 3 heteroatoms. The van der Waals surface area contributed by atoms with E-state index in [1.807, 2.05) is 6.92 Å². The van der Waals surface area contributed by atoms with Crippen LogP contribution < -0.4 is 5.32 Å². The van der Waals surface area contributed by atoms with Crippen LogP contribution in [0, 0.1) is 19.8 Å². The van der Waals surface area contributed by atoms with Crippen molar-refractivity contribution in [3.05, 3.63) is 33.5 Å². The highest BCUT2D eigenvalue weighted by atomic mass is 35.5. The Kier molecular flexibility index (Phi) is 5.34. The van der Waals surface area contributed by atoms with Crippen LogP contribution in [-0.4, -0.2) is 6.54 Å². The van der Waals surface area contributed by atoms with Gasteiger partial charge in [-0.25, -0.2) is 0 Å². The quantitative estimate of drug-likeness (QED) is 0.723. The lowest BCUT2D eigenvalue weighted by atomic mass is 9.96. The summed E-state index contributed by atoms with van der Waals surface area (Å²) < 4.78 is 6.14. The highest BCUT2D eigenvalue weighted by molar-refractivity contribution is 6.33. The second-order valence-electron chi connectivity index (χ2n) is 6.28. The molecule has 21 heavy (non-hydrogen) atoms. The van der Waals surface area contributed by atoms with Crippen molar-refractivity contribution in [2.75, 3.05) is 6.54 Å². The average molecular weight is 308 g/mol. The first-order chi connectivity index (χ1) is 9.95. The fraction of sp³-hybridized carbons (Fsp3) is 0.556. The summed E-state index contributed by atoms with van der Waals surface area (Å²) in [6.07, 6.45) is 2.15. The van der Waals surface area contributed by atoms with Crippen molar-refractivity contribution < 1.29 is 4.42 Å². The Balaban J connectivity index is 2.54. The Morgan fingerprint density at radius 2 is 2.00 bits per heavy atom. The number of rotatable bonds is 6. The second-order valence-corrected chi connectivity index (χ2v) is 6.66. The van der Waals surface area contributed by atoms with E-state index >= 15 is 0 Å². The van der Waals surface area contributed by atoms with E-state index in [1.165, 1.54) is 10.9 Å². The minimum Gasteiger partial charge on any atom is -0.459 e. The number of nitrogens with one attached hydrogen (secondary N) is 1. The monoisotopic (exact) mass is 307 g/mol. The molecule has 1 N–H and O–H groups in total. The van der Waals surface area contributed by atoms with Gasteiger partial charge in [0.1, 0.15) is 11.3 Å². The zero-order valence-electron chi connectivity index (χ0n) is 13.8. The minimum atomic E-state index is 0.593. The van der Waals surface area contributed by atoms with Crippen LogP contribution in [0.5, 0.6) is 0 Å². The van der Waals surface area contributed by atoms with E-state index in [4.69, 9.17) is 16.0 Å². The van der Waals surface area contributed by atoms with Gasteiger partial charge in [-0.15, -0.1) is 0 Å². The van der Waals surface area contributed by atoms with E-state index in [0.29, 0.717) is 5.92 Å². The molecule has 2 rings (SSSR count). The molecule has 2 aromatic rings. The van der Waals surface area contributed by atoms with Crippen molar-refractivity contribution in [1.29, 1.82) is 0 Å². The van der Waals surface area contributed by atoms with Gasteiger partial charge >= 0.3 is 0 Å². The molecule has 0 unspecified atom stereocenters. The summed E-state index contributed by atoms with van der Waals surface area (Å²) in [4.78, 5) is 0. The summed E-state index contributed by atoms with van der Waals surface area (Å²) in [5.41, 5.74) is 4.52. The number of fused-ring (bicyclic) bond motifs is 1. The third-order valence-corrected chi connectivity index (χ3v) is 4.42. The Morgan fingerprint density at radius 3 is 2.62 bits per heavy atom. The zero-order valence-corrected chi connectivity index (χ0v) is 14.5. The highest BCUT2D eigenvalue weighted by Crippen LogP contribution is 2.36. The normalized spacial score (nSPS) is 11.8. The van der Waals surface area contributed by atoms with Crippen LogP contribution in [0.15, 0.2) is 10.5 Å². The van der Waals surface area contributed by atoms with E-state index < -0.39 is 0 Å². The van der Waals surface area contributed by atoms with Gasteiger partial charge in [0.05, 0.1) is 6.54 Å². The molecule has 0 amide bonds. The lowest BCUT2D eigenvalue weighted by molar-refractivity contribution is 0.501. The number of benzene rings is 1. The summed E-state index contributed by atoms with van der Waals surface area (Å²) in [6.45, 7) is 12.6. The second kappa shape index (κ2) is 6.85. The molecule has 0 atom stereocenters. The molecule has 0 bridgehead atoms. The molecule has 1 aromatic carbocycles. The number of aryl methyl sites for hydroxylation is 2. The van der Waals surface area contributed by atoms with Gasteiger partial charge in [-0.2, -0.15) is 0 Å². The third-order valence-electron chi connectivity index (χ3n) is 3.84. The largest absolute Gasteiger partial charge is 0.459 e. The average Bonchev–Trinajstić information content (AvgIpc) is 2.74. The van der Waals surface area contributed by atoms with Crippen LogP contribution >= 0.6 is 11.6 Å². The highest BCUT2D eigenvalue weighted by Gasteiger charge is 2.19. The summed E-state index contributed by atoms with van der Waals surface area (Å²) in [7, 11) is 0. The third kappa shape index (κ3) is 3.44. The molecule has 0 aliphatic carbocycles. The van der Waals surface area contributed by atoms with Gasteiger partial charge in [-0.05, 0) is 56.3 Å². The SMILES string of the molecule is CCCNCc1oc2cc(C)c(Cl)c(C)c2c1CC(C)C. The molecule has 0 fully saturated rings. The van der Waals surface area contributed by atoms with Gasteiger partial charge < -0.3 is 9.73 Å². The fourth-order valence-electron chi connectivity index (χ4n) is 2.86. The smallest absolute Gasteiger partial charge is 0.135 e. The van der Waals surface area contributed by atoms with Crippen molar-refractivity contribution in [1.82, 2.24) is 5.32 Å². The number of hydrogen-bond donors (Lipinski definition) is 1. The van der Waals surface area contributed by atoms with E-state index in [9.17, 15) is 0 Å². The maximum Gasteiger partial charge on any atom is 0.135 e. The van der Waals surface area contributed by atoms with Crippen LogP contribution in [0.4, 0.5) is 0 Å². The topological polar surface area (TPSA) is 25.2 Å². The van der Waals surface area contributed by atoms with E-state index in [0.717, 1.165) is 53.4 Å². The molecule has 0 spiro atoms. The van der Waals surface area contributed by atoms with Crippen LogP contribution in [0.2, 0.25) is 5.02 Å². The molecule has 1 aromatic heterocycles. The first-order valence-electron chi connectivity index (χ1n) is 7.86. The molecule has 0 aliphatic heterocycles. The standard InChI is InChI=1S/C18H26ClNO/c1-6-7-20-10-16-14(8-11(2)3)17-13(5)18(19)12(4)9-15(17)21-16/h9,11,20H,6-8,10H2,1-5H3. The van der Waals surface area contributed by atoms with E-state index in [-0.39, 0.29) is 0 Å². The molecule has 1 heterocycles. The van der Waals surface area contributed by atoms with Gasteiger partial charge in [-0.1, -0.05) is 32.4 Å². The fourth-order valence-corrected chi connectivity index (χ4v) is 3.01. The predicted octanol–water partition coefficient (Wildman–Crippen LogP) is 5.40. The first kappa shape index (κ1) is 16.4. The van der Waals surface area contributed by atoms with Gasteiger partial charge in [0.15, 0.2) is 0 Å². The van der Waals surface area contributed by atoms with Crippen molar-refractivity contribution in [3.8, 4) is 0 Å². The maximum absolute atomic E-state index is 6.44. The number of furan rings is 1. The summed E-state index contributed by atoms with van der Waals surface area (Å²) in [5, 5.41) is 5.53. The van der Waals surface area contributed by atoms with Crippen molar-refractivity contribution >= 4 is 22.6 Å². The van der Waals surface area contributed by atoms with Crippen molar-refractivity contribution in [3.63, 3.8) is 0 Å². The number of halogens is 1. The Bertz CT molecular complexity index is 628. The van der Waals surface area contributed by atoms with Crippen LogP contribution in [0.25, 0.3) is 11.0 Å². The van der Waals surface area contributed by atoms with E-state index in [2.05, 4.69) is 39.1 Å². The molecular formula is C18H26ClNO. The summed E-state index contributed by atoms with van der Waals surface area (Å²) >= 11 is 6.44. The predicted molar refractivity (Wildman–Crippen MR) is 91.2 cm³/mol. The van der Waals surface area contributed by atoms with Gasteiger partial charge in [-0.3, -0.25) is 0 Å². The molecule has 116 valence electrons. The van der Waals surface area contributed by atoms with Crippen molar-refractivity contribution in [2.45, 2.75) is 54.0 Å². The van der Waals surface area contributed by atoms with Gasteiger partial charge in [0, 0.05) is 16.0 Å². The maximum atomic E-state index is 6.44. The first-order valence-corrected chi connectivity index (χ1v) is 8.24. The van der Waals surface area contributed by atoms with Crippen molar-refractivity contribution in [2.24, 2.45) is 5.92 Å². The lowest BCUT2D eigenvalue weighted by Gasteiger charge is -2.09. The van der Waals surface area contributed by atoms with Crippen LogP contribution in [0.1, 0.15) is 49.6 Å². The summed E-state index contributed by atoms with van der Waals surface area (Å²) in [5.74, 6) is 1.66. The van der Waals surface area contributed by atoms with Crippen LogP contribution in [0.3, 0.4) is 0 Å². The minimum absolute atomic E-state index is 0.593. The molecule has 0 saturated heterocycles. The Morgan fingerprint density at radius 1 is 1.29 bits per heavy atom. The molecule has 2 nitrogen and oxygen atoms in total. The van der Waals surface area contributed by atoms with E-state index in [1.54, 1.807) is 0 Å². The number of hydrogen-bond acceptors (Lipinski definition) is 2. The van der Waals surface area contributed by atoms with Gasteiger partial charge in [0.2, 0.25) is 0 Å². The molecule has 0 aliphatic rings. The molecular weight excluding hydrogens is 282 g/mol. The molecule has 0 saturated carbocycles. The van der Waals surface area contributed by atoms with Gasteiger partial charge in [0.25, 0.3) is 0 Å². The van der Waals surface area contributed by atoms with Crippen LogP contribution in [-0.2, 0) is 13.0 Å². The lowest BCUT2D eigenvalue weighted by Crippen LogP contribution is -2.14. The Labute approximate surface area is 132 Å². The summed E-state index contributed by atoms with van der Waals surface area (Å²) in [6, 6.07) is 2.07. The zero-order chi connectivity index (χ0) is 15.6. The molecule has 0 radical (unpaired) electrons.